The highest BCUT2D eigenvalue weighted by Gasteiger charge is 2.14. The molecule has 0 saturated carbocycles. The van der Waals surface area contributed by atoms with E-state index in [0.717, 1.165) is 4.47 Å². The molecule has 1 aromatic heterocycles. The number of amides is 1. The van der Waals surface area contributed by atoms with E-state index in [1.807, 2.05) is 0 Å². The van der Waals surface area contributed by atoms with Gasteiger partial charge < -0.3 is 10.1 Å². The zero-order valence-electron chi connectivity index (χ0n) is 12.7. The normalized spacial score (nSPS) is 10.4. The molecule has 1 N–H and O–H groups in total. The van der Waals surface area contributed by atoms with Gasteiger partial charge in [-0.05, 0) is 34.1 Å². The molecule has 0 aliphatic rings. The molecule has 25 heavy (non-hydrogen) atoms. The van der Waals surface area contributed by atoms with Crippen LogP contribution in [0.5, 0.6) is 0 Å². The molecule has 0 atom stereocenters. The zero-order valence-corrected chi connectivity index (χ0v) is 16.6. The van der Waals surface area contributed by atoms with Gasteiger partial charge in [-0.25, -0.2) is 0 Å². The number of carbonyl (C=O) groups excluding carboxylic acids is 3. The highest BCUT2D eigenvalue weighted by Crippen LogP contribution is 2.29. The first-order chi connectivity index (χ1) is 11.9. The fourth-order valence-electron chi connectivity index (χ4n) is 1.81. The van der Waals surface area contributed by atoms with Gasteiger partial charge in [-0.15, -0.1) is 11.3 Å². The smallest absolute Gasteiger partial charge is 0.306 e. The first kappa shape index (κ1) is 19.9. The average Bonchev–Trinajstić information content (AvgIpc) is 3.01. The maximum Gasteiger partial charge on any atom is 0.306 e. The van der Waals surface area contributed by atoms with Crippen LogP contribution in [0.3, 0.4) is 0 Å². The molecule has 1 aromatic carbocycles. The predicted molar refractivity (Wildman–Crippen MR) is 102 cm³/mol. The summed E-state index contributed by atoms with van der Waals surface area (Å²) in [4.78, 5) is 35.9. The van der Waals surface area contributed by atoms with Crippen molar-refractivity contribution in [2.45, 2.75) is 12.8 Å². The Hall–Kier alpha value is -1.41. The number of Topliss-reactive ketones (excluding diaryl/α,β-unsaturated/α-hetero) is 1. The van der Waals surface area contributed by atoms with Gasteiger partial charge in [0, 0.05) is 16.3 Å². The second kappa shape index (κ2) is 9.33. The number of ketones is 1. The average molecular weight is 465 g/mol. The molecule has 0 bridgehead atoms. The van der Waals surface area contributed by atoms with E-state index >= 15 is 0 Å². The molecule has 0 spiro atoms. The van der Waals surface area contributed by atoms with Crippen LogP contribution in [0, 0.1) is 0 Å². The minimum absolute atomic E-state index is 0.0176. The van der Waals surface area contributed by atoms with Gasteiger partial charge in [-0.2, -0.15) is 0 Å². The number of anilines is 1. The van der Waals surface area contributed by atoms with E-state index in [1.54, 1.807) is 29.6 Å². The summed E-state index contributed by atoms with van der Waals surface area (Å²) in [5, 5.41) is 4.82. The summed E-state index contributed by atoms with van der Waals surface area (Å²) in [7, 11) is 0. The van der Waals surface area contributed by atoms with Crippen LogP contribution in [0.15, 0.2) is 34.1 Å². The molecule has 0 radical (unpaired) electrons. The van der Waals surface area contributed by atoms with E-state index < -0.39 is 18.5 Å². The van der Waals surface area contributed by atoms with Crippen molar-refractivity contribution < 1.29 is 19.1 Å². The lowest BCUT2D eigenvalue weighted by atomic mass is 10.2. The van der Waals surface area contributed by atoms with Gasteiger partial charge in [0.2, 0.25) is 0 Å². The standard InChI is InChI=1S/C16H12BrCl2NO4S/c17-9-6-13(25-8-9)12(21)4-5-15(23)24-7-14(22)20-16-10(18)2-1-3-11(16)19/h1-3,6,8H,4-5,7H2,(H,20,22). The Morgan fingerprint density at radius 1 is 1.16 bits per heavy atom. The molecule has 9 heteroatoms. The maximum absolute atomic E-state index is 11.9. The number of ether oxygens (including phenoxy) is 1. The first-order valence-corrected chi connectivity index (χ1v) is 9.46. The van der Waals surface area contributed by atoms with Crippen molar-refractivity contribution >= 4 is 73.8 Å². The monoisotopic (exact) mass is 463 g/mol. The van der Waals surface area contributed by atoms with E-state index in [9.17, 15) is 14.4 Å². The molecular formula is C16H12BrCl2NO4S. The second-order valence-corrected chi connectivity index (χ2v) is 7.50. The minimum Gasteiger partial charge on any atom is -0.456 e. The van der Waals surface area contributed by atoms with Crippen molar-refractivity contribution in [2.24, 2.45) is 0 Å². The van der Waals surface area contributed by atoms with Crippen molar-refractivity contribution in [3.63, 3.8) is 0 Å². The van der Waals surface area contributed by atoms with E-state index in [4.69, 9.17) is 27.9 Å². The molecule has 1 heterocycles. The lowest BCUT2D eigenvalue weighted by Gasteiger charge is -2.09. The number of benzene rings is 1. The highest BCUT2D eigenvalue weighted by atomic mass is 79.9. The summed E-state index contributed by atoms with van der Waals surface area (Å²) >= 11 is 16.4. The number of rotatable bonds is 7. The molecule has 0 unspecified atom stereocenters. The van der Waals surface area contributed by atoms with Crippen LogP contribution in [0.25, 0.3) is 0 Å². The highest BCUT2D eigenvalue weighted by molar-refractivity contribution is 9.10. The van der Waals surface area contributed by atoms with Crippen LogP contribution < -0.4 is 5.32 Å². The van der Waals surface area contributed by atoms with Crippen molar-refractivity contribution in [2.75, 3.05) is 11.9 Å². The van der Waals surface area contributed by atoms with Crippen molar-refractivity contribution in [1.82, 2.24) is 0 Å². The van der Waals surface area contributed by atoms with Gasteiger partial charge in [0.25, 0.3) is 5.91 Å². The molecule has 0 aliphatic heterocycles. The SMILES string of the molecule is O=C(COC(=O)CCC(=O)c1cc(Br)cs1)Nc1c(Cl)cccc1Cl. The zero-order chi connectivity index (χ0) is 18.4. The summed E-state index contributed by atoms with van der Waals surface area (Å²) in [6.45, 7) is -0.487. The molecule has 1 amide bonds. The number of hydrogen-bond donors (Lipinski definition) is 1. The van der Waals surface area contributed by atoms with E-state index in [-0.39, 0.29) is 34.4 Å². The lowest BCUT2D eigenvalue weighted by Crippen LogP contribution is -2.21. The number of esters is 1. The van der Waals surface area contributed by atoms with Gasteiger partial charge >= 0.3 is 5.97 Å². The summed E-state index contributed by atoms with van der Waals surface area (Å²) in [5.41, 5.74) is 0.255. The summed E-state index contributed by atoms with van der Waals surface area (Å²) < 4.78 is 5.67. The third-order valence-corrected chi connectivity index (χ3v) is 5.35. The summed E-state index contributed by atoms with van der Waals surface area (Å²) in [6.07, 6.45) is -0.0851. The largest absolute Gasteiger partial charge is 0.456 e. The van der Waals surface area contributed by atoms with E-state index in [1.165, 1.54) is 11.3 Å². The Labute approximate surface area is 166 Å². The van der Waals surface area contributed by atoms with Crippen molar-refractivity contribution in [3.8, 4) is 0 Å². The summed E-state index contributed by atoms with van der Waals surface area (Å²) in [6, 6.07) is 6.48. The Kier molecular flexibility index (Phi) is 7.43. The quantitative estimate of drug-likeness (QED) is 0.464. The van der Waals surface area contributed by atoms with Crippen LogP contribution in [0.2, 0.25) is 10.0 Å². The van der Waals surface area contributed by atoms with Crippen LogP contribution in [-0.4, -0.2) is 24.3 Å². The van der Waals surface area contributed by atoms with Crippen LogP contribution in [-0.2, 0) is 14.3 Å². The van der Waals surface area contributed by atoms with Gasteiger partial charge in [0.05, 0.1) is 27.0 Å². The van der Waals surface area contributed by atoms with E-state index in [2.05, 4.69) is 21.2 Å². The third kappa shape index (κ3) is 6.11. The molecule has 0 fully saturated rings. The third-order valence-electron chi connectivity index (χ3n) is 2.99. The molecule has 5 nitrogen and oxygen atoms in total. The van der Waals surface area contributed by atoms with Crippen molar-refractivity contribution in [3.05, 3.63) is 49.0 Å². The predicted octanol–water partition coefficient (Wildman–Crippen LogP) is 4.96. The van der Waals surface area contributed by atoms with Crippen LogP contribution in [0.4, 0.5) is 5.69 Å². The number of halogens is 3. The molecule has 2 aromatic rings. The van der Waals surface area contributed by atoms with Crippen LogP contribution in [0.1, 0.15) is 22.5 Å². The Morgan fingerprint density at radius 2 is 1.84 bits per heavy atom. The van der Waals surface area contributed by atoms with Gasteiger partial charge in [0.15, 0.2) is 12.4 Å². The molecular weight excluding hydrogens is 453 g/mol. The molecule has 0 saturated heterocycles. The number of nitrogens with one attached hydrogen (secondary N) is 1. The molecule has 0 aliphatic carbocycles. The number of para-hydroxylation sites is 1. The Bertz CT molecular complexity index is 789. The molecule has 2 rings (SSSR count). The van der Waals surface area contributed by atoms with E-state index in [0.29, 0.717) is 4.88 Å². The fourth-order valence-corrected chi connectivity index (χ4v) is 3.70. The Balaban J connectivity index is 1.76. The topological polar surface area (TPSA) is 72.5 Å². The van der Waals surface area contributed by atoms with Gasteiger partial charge in [0.1, 0.15) is 0 Å². The van der Waals surface area contributed by atoms with Crippen molar-refractivity contribution in [1.29, 1.82) is 0 Å². The Morgan fingerprint density at radius 3 is 2.44 bits per heavy atom. The number of thiophene rings is 1. The minimum atomic E-state index is -0.635. The van der Waals surface area contributed by atoms with Gasteiger partial charge in [-0.1, -0.05) is 29.3 Å². The van der Waals surface area contributed by atoms with Crippen LogP contribution >= 0.6 is 50.5 Å². The van der Waals surface area contributed by atoms with Gasteiger partial charge in [-0.3, -0.25) is 14.4 Å². The lowest BCUT2D eigenvalue weighted by molar-refractivity contribution is -0.147. The fraction of sp³-hybridized carbons (Fsp3) is 0.188. The second-order valence-electron chi connectivity index (χ2n) is 4.86. The summed E-state index contributed by atoms with van der Waals surface area (Å²) in [5.74, 6) is -1.36. The number of hydrogen-bond acceptors (Lipinski definition) is 5. The number of carbonyl (C=O) groups is 3. The maximum atomic E-state index is 11.9. The molecule has 132 valence electrons. The first-order valence-electron chi connectivity index (χ1n) is 7.03.